The molecule has 0 radical (unpaired) electrons. The SMILES string of the molecule is OC12CC3CC(C1)CC(C14CC5(O)CC(O)(CC(O)(C5)C1)C4)(C3)C2. The molecule has 0 spiro atoms. The van der Waals surface area contributed by atoms with Crippen molar-refractivity contribution in [2.75, 3.05) is 0 Å². The summed E-state index contributed by atoms with van der Waals surface area (Å²) in [6.45, 7) is 0. The van der Waals surface area contributed by atoms with Gasteiger partial charge in [0.25, 0.3) is 0 Å². The van der Waals surface area contributed by atoms with Crippen molar-refractivity contribution in [1.29, 1.82) is 0 Å². The lowest BCUT2D eigenvalue weighted by Crippen LogP contribution is -2.74. The van der Waals surface area contributed by atoms with Gasteiger partial charge in [-0.05, 0) is 80.5 Å². The van der Waals surface area contributed by atoms with E-state index in [2.05, 4.69) is 0 Å². The Balaban J connectivity index is 1.50. The summed E-state index contributed by atoms with van der Waals surface area (Å²) >= 11 is 0. The summed E-state index contributed by atoms with van der Waals surface area (Å²) in [4.78, 5) is 0. The molecule has 2 atom stereocenters. The number of aliphatic hydroxyl groups is 4. The van der Waals surface area contributed by atoms with Crippen LogP contribution >= 0.6 is 0 Å². The average molecular weight is 334 g/mol. The lowest BCUT2D eigenvalue weighted by Gasteiger charge is -2.75. The zero-order chi connectivity index (χ0) is 16.6. The summed E-state index contributed by atoms with van der Waals surface area (Å²) in [5, 5.41) is 44.7. The first-order valence-electron chi connectivity index (χ1n) is 9.96. The fourth-order valence-corrected chi connectivity index (χ4v) is 9.87. The molecule has 8 bridgehead atoms. The highest BCUT2D eigenvalue weighted by Crippen LogP contribution is 2.76. The van der Waals surface area contributed by atoms with Crippen LogP contribution in [0.15, 0.2) is 0 Å². The number of rotatable bonds is 1. The third-order valence-electron chi connectivity index (χ3n) is 9.13. The van der Waals surface area contributed by atoms with Crippen molar-refractivity contribution in [1.82, 2.24) is 0 Å². The quantitative estimate of drug-likeness (QED) is 0.590. The molecule has 4 heteroatoms. The van der Waals surface area contributed by atoms with Gasteiger partial charge >= 0.3 is 0 Å². The molecular weight excluding hydrogens is 304 g/mol. The van der Waals surface area contributed by atoms with Crippen molar-refractivity contribution in [3.63, 3.8) is 0 Å². The fourth-order valence-electron chi connectivity index (χ4n) is 9.87. The Morgan fingerprint density at radius 3 is 1.29 bits per heavy atom. The molecule has 134 valence electrons. The summed E-state index contributed by atoms with van der Waals surface area (Å²) in [7, 11) is 0. The van der Waals surface area contributed by atoms with Gasteiger partial charge in [0.2, 0.25) is 0 Å². The highest BCUT2D eigenvalue weighted by molar-refractivity contribution is 5.26. The molecular formula is C20H30O4. The normalized spacial score (nSPS) is 69.5. The topological polar surface area (TPSA) is 80.9 Å². The Morgan fingerprint density at radius 1 is 0.458 bits per heavy atom. The van der Waals surface area contributed by atoms with Crippen LogP contribution in [0.2, 0.25) is 0 Å². The predicted molar refractivity (Wildman–Crippen MR) is 87.0 cm³/mol. The second kappa shape index (κ2) is 3.76. The molecule has 4 N–H and O–H groups in total. The van der Waals surface area contributed by atoms with E-state index in [9.17, 15) is 20.4 Å². The highest BCUT2D eigenvalue weighted by atomic mass is 16.3. The van der Waals surface area contributed by atoms with E-state index in [0.717, 1.165) is 51.4 Å². The van der Waals surface area contributed by atoms with Crippen molar-refractivity contribution in [2.24, 2.45) is 22.7 Å². The maximum atomic E-state index is 11.2. The van der Waals surface area contributed by atoms with Crippen LogP contribution in [0.5, 0.6) is 0 Å². The smallest absolute Gasteiger partial charge is 0.0708 e. The molecule has 0 aliphatic heterocycles. The predicted octanol–water partition coefficient (Wildman–Crippen LogP) is 1.88. The van der Waals surface area contributed by atoms with Crippen molar-refractivity contribution >= 4 is 0 Å². The van der Waals surface area contributed by atoms with Gasteiger partial charge in [-0.1, -0.05) is 0 Å². The molecule has 0 aromatic rings. The molecule has 8 saturated carbocycles. The van der Waals surface area contributed by atoms with Crippen molar-refractivity contribution < 1.29 is 20.4 Å². The van der Waals surface area contributed by atoms with E-state index in [1.165, 1.54) is 6.42 Å². The second-order valence-electron chi connectivity index (χ2n) is 11.5. The van der Waals surface area contributed by atoms with Crippen LogP contribution in [-0.2, 0) is 0 Å². The third-order valence-corrected chi connectivity index (χ3v) is 9.13. The van der Waals surface area contributed by atoms with Crippen LogP contribution in [0, 0.1) is 22.7 Å². The minimum atomic E-state index is -0.912. The van der Waals surface area contributed by atoms with Crippen LogP contribution < -0.4 is 0 Å². The third kappa shape index (κ3) is 1.69. The Morgan fingerprint density at radius 2 is 0.875 bits per heavy atom. The molecule has 24 heavy (non-hydrogen) atoms. The summed E-state index contributed by atoms with van der Waals surface area (Å²) in [6, 6.07) is 0. The van der Waals surface area contributed by atoms with Gasteiger partial charge in [-0.15, -0.1) is 0 Å². The van der Waals surface area contributed by atoms with Crippen LogP contribution in [0.1, 0.15) is 77.0 Å². The van der Waals surface area contributed by atoms with Crippen LogP contribution in [-0.4, -0.2) is 42.8 Å². The summed E-state index contributed by atoms with van der Waals surface area (Å²) in [5.41, 5.74) is -3.44. The monoisotopic (exact) mass is 334 g/mol. The van der Waals surface area contributed by atoms with Gasteiger partial charge in [-0.2, -0.15) is 0 Å². The van der Waals surface area contributed by atoms with Gasteiger partial charge < -0.3 is 20.4 Å². The van der Waals surface area contributed by atoms with Gasteiger partial charge in [0, 0.05) is 19.3 Å². The van der Waals surface area contributed by atoms with Crippen molar-refractivity contribution in [3.8, 4) is 0 Å². The van der Waals surface area contributed by atoms with Crippen molar-refractivity contribution in [3.05, 3.63) is 0 Å². The minimum absolute atomic E-state index is 0.0169. The standard InChI is InChI=1S/C20H30O4/c21-17-4-13-1-14(5-17)3-15(2-13,6-17)16-7-18(22)10-19(23,8-16)12-20(24,9-16)11-18/h13-14,21-24H,1-12H2. The summed E-state index contributed by atoms with van der Waals surface area (Å²) in [6.07, 6.45) is 9.68. The second-order valence-corrected chi connectivity index (χ2v) is 11.5. The minimum Gasteiger partial charge on any atom is -0.390 e. The number of hydrogen-bond donors (Lipinski definition) is 4. The summed E-state index contributed by atoms with van der Waals surface area (Å²) < 4.78 is 0. The van der Waals surface area contributed by atoms with E-state index in [1.807, 2.05) is 0 Å². The van der Waals surface area contributed by atoms with Crippen LogP contribution in [0.4, 0.5) is 0 Å². The van der Waals surface area contributed by atoms with Gasteiger partial charge in [0.1, 0.15) is 0 Å². The Bertz CT molecular complexity index is 560. The summed E-state index contributed by atoms with van der Waals surface area (Å²) in [5.74, 6) is 1.20. The molecule has 8 aliphatic rings. The van der Waals surface area contributed by atoms with E-state index in [-0.39, 0.29) is 10.8 Å². The van der Waals surface area contributed by atoms with E-state index in [0.29, 0.717) is 31.1 Å². The Labute approximate surface area is 143 Å². The first-order valence-corrected chi connectivity index (χ1v) is 9.96. The molecule has 8 fully saturated rings. The molecule has 4 nitrogen and oxygen atoms in total. The first-order chi connectivity index (χ1) is 11.1. The highest BCUT2D eigenvalue weighted by Gasteiger charge is 2.74. The first kappa shape index (κ1) is 15.0. The molecule has 0 heterocycles. The maximum Gasteiger partial charge on any atom is 0.0708 e. The van der Waals surface area contributed by atoms with Gasteiger partial charge in [-0.3, -0.25) is 0 Å². The number of hydrogen-bond acceptors (Lipinski definition) is 4. The molecule has 0 amide bonds. The van der Waals surface area contributed by atoms with Crippen molar-refractivity contribution in [2.45, 2.75) is 99.5 Å². The average Bonchev–Trinajstić information content (AvgIpc) is 2.28. The van der Waals surface area contributed by atoms with Crippen LogP contribution in [0.3, 0.4) is 0 Å². The zero-order valence-corrected chi connectivity index (χ0v) is 14.4. The molecule has 0 aromatic heterocycles. The van der Waals surface area contributed by atoms with E-state index < -0.39 is 22.4 Å². The van der Waals surface area contributed by atoms with E-state index in [4.69, 9.17) is 0 Å². The van der Waals surface area contributed by atoms with Gasteiger partial charge in [-0.25, -0.2) is 0 Å². The van der Waals surface area contributed by atoms with Crippen LogP contribution in [0.25, 0.3) is 0 Å². The maximum absolute atomic E-state index is 11.2. The molecule has 8 aliphatic carbocycles. The molecule has 2 unspecified atom stereocenters. The Hall–Kier alpha value is -0.160. The lowest BCUT2D eigenvalue weighted by atomic mass is 9.32. The zero-order valence-electron chi connectivity index (χ0n) is 14.4. The van der Waals surface area contributed by atoms with Gasteiger partial charge in [0.05, 0.1) is 22.4 Å². The molecule has 0 saturated heterocycles. The van der Waals surface area contributed by atoms with Gasteiger partial charge in [0.15, 0.2) is 0 Å². The van der Waals surface area contributed by atoms with E-state index >= 15 is 0 Å². The Kier molecular flexibility index (Phi) is 2.34. The lowest BCUT2D eigenvalue weighted by molar-refractivity contribution is -0.327. The molecule has 8 rings (SSSR count). The molecule has 0 aromatic carbocycles. The largest absolute Gasteiger partial charge is 0.390 e. The van der Waals surface area contributed by atoms with E-state index in [1.54, 1.807) is 0 Å². The fraction of sp³-hybridized carbons (Fsp3) is 1.00.